The second-order valence-electron chi connectivity index (χ2n) is 16.0. The quantitative estimate of drug-likeness (QED) is 0.157. The molecule has 0 unspecified atom stereocenters. The lowest BCUT2D eigenvalue weighted by Crippen LogP contribution is -2.09. The first-order valence-corrected chi connectivity index (χ1v) is 21.8. The second-order valence-corrected chi connectivity index (χ2v) is 17.0. The van der Waals surface area contributed by atoms with Gasteiger partial charge in [0, 0.05) is 76.7 Å². The summed E-state index contributed by atoms with van der Waals surface area (Å²) in [6, 6.07) is 76.1. The minimum atomic E-state index is 0.851. The monoisotopic (exact) mass is 809 g/mol. The number of hydrogen-bond acceptors (Lipinski definition) is 4. The maximum absolute atomic E-state index is 6.41. The fourth-order valence-corrected chi connectivity index (χ4v) is 11.0. The van der Waals surface area contributed by atoms with Gasteiger partial charge in [0.05, 0.1) is 0 Å². The Bertz CT molecular complexity index is 3750. The standard InChI is InChI=1S/C58H35NO2S/c1-3-13-37(14-4-1)55-56-50-33-39(25-30-44(50)43-17-7-8-20-49(43)58(56)62-57(55)38-15-5-2-6-16-38)36-23-26-40(27-24-36)59(41-28-31-47-45-18-9-11-21-51(45)60-53(47)34-41)42-29-32-48-46-19-10-12-22-52(46)61-54(48)35-42/h1-35H. The van der Waals surface area contributed by atoms with E-state index in [0.29, 0.717) is 0 Å². The van der Waals surface area contributed by atoms with Gasteiger partial charge in [0.2, 0.25) is 0 Å². The van der Waals surface area contributed by atoms with E-state index in [2.05, 4.69) is 193 Å². The molecule has 0 bridgehead atoms. The van der Waals surface area contributed by atoms with E-state index in [0.717, 1.165) is 66.5 Å². The van der Waals surface area contributed by atoms with E-state index < -0.39 is 0 Å². The number of thiophene rings is 1. The topological polar surface area (TPSA) is 29.5 Å². The summed E-state index contributed by atoms with van der Waals surface area (Å²) in [5.41, 5.74) is 12.6. The van der Waals surface area contributed by atoms with Gasteiger partial charge in [-0.1, -0.05) is 146 Å². The maximum atomic E-state index is 6.41. The van der Waals surface area contributed by atoms with Crippen LogP contribution in [0.15, 0.2) is 221 Å². The first kappa shape index (κ1) is 34.9. The predicted octanol–water partition coefficient (Wildman–Crippen LogP) is 17.5. The van der Waals surface area contributed by atoms with Crippen LogP contribution in [0.3, 0.4) is 0 Å². The number of hydrogen-bond donors (Lipinski definition) is 0. The van der Waals surface area contributed by atoms with Crippen molar-refractivity contribution < 1.29 is 8.83 Å². The number of para-hydroxylation sites is 2. The van der Waals surface area contributed by atoms with Crippen molar-refractivity contribution in [1.29, 1.82) is 0 Å². The average molecular weight is 810 g/mol. The zero-order valence-corrected chi connectivity index (χ0v) is 34.2. The number of furan rings is 2. The summed E-state index contributed by atoms with van der Waals surface area (Å²) >= 11 is 1.90. The molecule has 10 aromatic carbocycles. The van der Waals surface area contributed by atoms with Gasteiger partial charge in [-0.2, -0.15) is 0 Å². The Morgan fingerprint density at radius 3 is 1.40 bits per heavy atom. The molecule has 0 spiro atoms. The molecule has 62 heavy (non-hydrogen) atoms. The number of benzene rings is 10. The molecule has 0 aliphatic carbocycles. The molecular formula is C58H35NO2S. The van der Waals surface area contributed by atoms with Crippen molar-refractivity contribution in [1.82, 2.24) is 0 Å². The number of anilines is 3. The van der Waals surface area contributed by atoms with Crippen LogP contribution in [0, 0.1) is 0 Å². The fraction of sp³-hybridized carbons (Fsp3) is 0. The van der Waals surface area contributed by atoms with Crippen molar-refractivity contribution in [3.8, 4) is 32.7 Å². The van der Waals surface area contributed by atoms with Gasteiger partial charge in [-0.05, 0) is 93.0 Å². The lowest BCUT2D eigenvalue weighted by atomic mass is 9.90. The van der Waals surface area contributed by atoms with E-state index in [1.165, 1.54) is 58.8 Å². The Hall–Kier alpha value is -7.92. The van der Waals surface area contributed by atoms with Gasteiger partial charge in [-0.15, -0.1) is 11.3 Å². The second kappa shape index (κ2) is 13.8. The predicted molar refractivity (Wildman–Crippen MR) is 262 cm³/mol. The fourth-order valence-electron chi connectivity index (χ4n) is 9.59. The number of rotatable bonds is 6. The van der Waals surface area contributed by atoms with Gasteiger partial charge in [0.15, 0.2) is 0 Å². The van der Waals surface area contributed by atoms with Crippen molar-refractivity contribution in [3.63, 3.8) is 0 Å². The van der Waals surface area contributed by atoms with Gasteiger partial charge >= 0.3 is 0 Å². The van der Waals surface area contributed by atoms with Crippen molar-refractivity contribution in [2.45, 2.75) is 0 Å². The molecule has 0 aliphatic heterocycles. The van der Waals surface area contributed by atoms with E-state index in [1.807, 2.05) is 35.6 Å². The minimum Gasteiger partial charge on any atom is -0.456 e. The van der Waals surface area contributed by atoms with Crippen LogP contribution < -0.4 is 4.90 Å². The lowest BCUT2D eigenvalue weighted by molar-refractivity contribution is 0.669. The third-order valence-corrected chi connectivity index (χ3v) is 13.7. The Labute approximate surface area is 360 Å². The average Bonchev–Trinajstić information content (AvgIpc) is 4.04. The Morgan fingerprint density at radius 1 is 0.306 bits per heavy atom. The van der Waals surface area contributed by atoms with E-state index in [9.17, 15) is 0 Å². The third-order valence-electron chi connectivity index (χ3n) is 12.5. The van der Waals surface area contributed by atoms with E-state index in [1.54, 1.807) is 0 Å². The molecule has 290 valence electrons. The van der Waals surface area contributed by atoms with Crippen LogP contribution in [0.5, 0.6) is 0 Å². The third kappa shape index (κ3) is 5.44. The van der Waals surface area contributed by atoms with Crippen LogP contribution in [-0.4, -0.2) is 0 Å². The summed E-state index contributed by atoms with van der Waals surface area (Å²) in [6.07, 6.45) is 0. The summed E-state index contributed by atoms with van der Waals surface area (Å²) in [5, 5.41) is 10.8. The molecule has 0 atom stereocenters. The molecule has 3 heterocycles. The zero-order chi connectivity index (χ0) is 40.7. The summed E-state index contributed by atoms with van der Waals surface area (Å²) in [4.78, 5) is 3.59. The van der Waals surface area contributed by atoms with Gasteiger partial charge in [0.1, 0.15) is 22.3 Å². The molecule has 0 saturated heterocycles. The molecule has 0 saturated carbocycles. The smallest absolute Gasteiger partial charge is 0.137 e. The van der Waals surface area contributed by atoms with E-state index in [-0.39, 0.29) is 0 Å². The first-order valence-electron chi connectivity index (χ1n) is 21.0. The molecule has 3 nitrogen and oxygen atoms in total. The highest BCUT2D eigenvalue weighted by atomic mass is 32.1. The molecule has 0 amide bonds. The molecule has 0 aliphatic rings. The highest BCUT2D eigenvalue weighted by Crippen LogP contribution is 2.51. The lowest BCUT2D eigenvalue weighted by Gasteiger charge is -2.25. The largest absolute Gasteiger partial charge is 0.456 e. The van der Waals surface area contributed by atoms with Gasteiger partial charge in [0.25, 0.3) is 0 Å². The molecule has 13 rings (SSSR count). The van der Waals surface area contributed by atoms with Crippen molar-refractivity contribution in [3.05, 3.63) is 212 Å². The van der Waals surface area contributed by atoms with Crippen molar-refractivity contribution in [2.75, 3.05) is 4.90 Å². The first-order chi connectivity index (χ1) is 30.7. The summed E-state index contributed by atoms with van der Waals surface area (Å²) < 4.78 is 14.1. The van der Waals surface area contributed by atoms with Crippen LogP contribution in [0.4, 0.5) is 17.1 Å². The normalized spacial score (nSPS) is 11.9. The summed E-state index contributed by atoms with van der Waals surface area (Å²) in [7, 11) is 0. The van der Waals surface area contributed by atoms with Gasteiger partial charge in [-0.25, -0.2) is 0 Å². The van der Waals surface area contributed by atoms with Gasteiger partial charge in [-0.3, -0.25) is 0 Å². The van der Waals surface area contributed by atoms with Crippen LogP contribution in [0.1, 0.15) is 0 Å². The van der Waals surface area contributed by atoms with E-state index in [4.69, 9.17) is 8.83 Å². The highest BCUT2D eigenvalue weighted by molar-refractivity contribution is 7.24. The molecule has 0 N–H and O–H groups in total. The zero-order valence-electron chi connectivity index (χ0n) is 33.4. The molecule has 0 fully saturated rings. The van der Waals surface area contributed by atoms with Crippen LogP contribution in [0.2, 0.25) is 0 Å². The molecule has 13 aromatic rings. The highest BCUT2D eigenvalue weighted by Gasteiger charge is 2.22. The Morgan fingerprint density at radius 2 is 0.774 bits per heavy atom. The Balaban J connectivity index is 0.986. The Kier molecular flexibility index (Phi) is 7.78. The van der Waals surface area contributed by atoms with E-state index >= 15 is 0 Å². The molecule has 3 aromatic heterocycles. The van der Waals surface area contributed by atoms with Crippen molar-refractivity contribution >= 4 is 104 Å². The SMILES string of the molecule is c1ccc(-c2sc3c4ccccc4c4ccc(-c5ccc(N(c6ccc7c(c6)oc6ccccc67)c6ccc7c(c6)oc6ccccc67)cc5)cc4c3c2-c2ccccc2)cc1. The van der Waals surface area contributed by atoms with Gasteiger partial charge < -0.3 is 13.7 Å². The number of nitrogens with zero attached hydrogens (tertiary/aromatic N) is 1. The summed E-state index contributed by atoms with van der Waals surface area (Å²) in [5.74, 6) is 0. The summed E-state index contributed by atoms with van der Waals surface area (Å²) in [6.45, 7) is 0. The number of fused-ring (bicyclic) bond motifs is 12. The molecular weight excluding hydrogens is 775 g/mol. The van der Waals surface area contributed by atoms with Crippen LogP contribution >= 0.6 is 11.3 Å². The molecule has 4 heteroatoms. The van der Waals surface area contributed by atoms with Crippen LogP contribution in [-0.2, 0) is 0 Å². The van der Waals surface area contributed by atoms with Crippen molar-refractivity contribution in [2.24, 2.45) is 0 Å². The molecule has 0 radical (unpaired) electrons. The maximum Gasteiger partial charge on any atom is 0.137 e. The minimum absolute atomic E-state index is 0.851. The van der Waals surface area contributed by atoms with Crippen LogP contribution in [0.25, 0.3) is 108 Å².